The largest absolute Gasteiger partial charge is 0.339 e. The van der Waals surface area contributed by atoms with E-state index in [2.05, 4.69) is 17.1 Å². The summed E-state index contributed by atoms with van der Waals surface area (Å²) in [5.41, 5.74) is 0. The molecule has 1 rings (SSSR count). The highest BCUT2D eigenvalue weighted by atomic mass is 16.2. The number of carbonyl (C=O) groups excluding carboxylic acids is 1. The van der Waals surface area contributed by atoms with Crippen molar-refractivity contribution in [2.24, 2.45) is 5.92 Å². The molecule has 1 fully saturated rings. The fourth-order valence-corrected chi connectivity index (χ4v) is 2.02. The first-order chi connectivity index (χ1) is 6.93. The Kier molecular flexibility index (Phi) is 4.11. The molecule has 1 saturated heterocycles. The fourth-order valence-electron chi connectivity index (χ4n) is 2.02. The SMILES string of the molecule is C[C@H](NC(=O)C1[C@@H](C)CCN1C)N(C)C. The molecule has 0 aromatic rings. The Morgan fingerprint density at radius 3 is 2.53 bits per heavy atom. The maximum Gasteiger partial charge on any atom is 0.238 e. The van der Waals surface area contributed by atoms with Crippen LogP contribution in [0.3, 0.4) is 0 Å². The molecule has 0 bridgehead atoms. The van der Waals surface area contributed by atoms with Crippen LogP contribution in [-0.4, -0.2) is 55.6 Å². The zero-order valence-corrected chi connectivity index (χ0v) is 10.4. The quantitative estimate of drug-likeness (QED) is 0.687. The van der Waals surface area contributed by atoms with Crippen LogP contribution in [-0.2, 0) is 4.79 Å². The Morgan fingerprint density at radius 1 is 1.53 bits per heavy atom. The van der Waals surface area contributed by atoms with E-state index in [1.165, 1.54) is 0 Å². The molecule has 0 spiro atoms. The molecule has 0 saturated carbocycles. The van der Waals surface area contributed by atoms with Crippen molar-refractivity contribution in [3.63, 3.8) is 0 Å². The van der Waals surface area contributed by atoms with Crippen LogP contribution >= 0.6 is 0 Å². The van der Waals surface area contributed by atoms with Gasteiger partial charge in [0.1, 0.15) is 0 Å². The monoisotopic (exact) mass is 213 g/mol. The third-order valence-corrected chi connectivity index (χ3v) is 3.35. The van der Waals surface area contributed by atoms with E-state index in [1.54, 1.807) is 0 Å². The molecule has 1 aliphatic rings. The topological polar surface area (TPSA) is 35.6 Å². The van der Waals surface area contributed by atoms with Gasteiger partial charge in [-0.2, -0.15) is 0 Å². The summed E-state index contributed by atoms with van der Waals surface area (Å²) < 4.78 is 0. The Morgan fingerprint density at radius 2 is 2.13 bits per heavy atom. The van der Waals surface area contributed by atoms with Crippen molar-refractivity contribution in [3.8, 4) is 0 Å². The van der Waals surface area contributed by atoms with Crippen LogP contribution in [0.15, 0.2) is 0 Å². The summed E-state index contributed by atoms with van der Waals surface area (Å²) in [5, 5.41) is 3.03. The maximum absolute atomic E-state index is 12.0. The molecule has 1 N–H and O–H groups in total. The Balaban J connectivity index is 2.53. The van der Waals surface area contributed by atoms with Gasteiger partial charge in [0.25, 0.3) is 0 Å². The smallest absolute Gasteiger partial charge is 0.238 e. The van der Waals surface area contributed by atoms with E-state index < -0.39 is 0 Å². The molecule has 4 nitrogen and oxygen atoms in total. The highest BCUT2D eigenvalue weighted by molar-refractivity contribution is 5.82. The molecule has 0 radical (unpaired) electrons. The summed E-state index contributed by atoms with van der Waals surface area (Å²) in [5.74, 6) is 0.619. The van der Waals surface area contributed by atoms with Crippen LogP contribution in [0.4, 0.5) is 0 Å². The number of hydrogen-bond donors (Lipinski definition) is 1. The first kappa shape index (κ1) is 12.5. The number of hydrogen-bond acceptors (Lipinski definition) is 3. The first-order valence-electron chi connectivity index (χ1n) is 5.60. The predicted molar refractivity (Wildman–Crippen MR) is 61.5 cm³/mol. The summed E-state index contributed by atoms with van der Waals surface area (Å²) >= 11 is 0. The second kappa shape index (κ2) is 4.94. The van der Waals surface area contributed by atoms with Gasteiger partial charge in [-0.1, -0.05) is 6.92 Å². The number of likely N-dealkylation sites (tertiary alicyclic amines) is 1. The summed E-state index contributed by atoms with van der Waals surface area (Å²) in [4.78, 5) is 16.1. The number of likely N-dealkylation sites (N-methyl/N-ethyl adjacent to an activating group) is 1. The minimum Gasteiger partial charge on any atom is -0.339 e. The third-order valence-electron chi connectivity index (χ3n) is 3.35. The summed E-state index contributed by atoms with van der Waals surface area (Å²) in [6.07, 6.45) is 1.21. The van der Waals surface area contributed by atoms with Gasteiger partial charge in [0.15, 0.2) is 0 Å². The van der Waals surface area contributed by atoms with E-state index in [0.29, 0.717) is 5.92 Å². The van der Waals surface area contributed by atoms with Gasteiger partial charge in [-0.3, -0.25) is 14.6 Å². The number of nitrogens with one attached hydrogen (secondary N) is 1. The van der Waals surface area contributed by atoms with Gasteiger partial charge in [-0.25, -0.2) is 0 Å². The van der Waals surface area contributed by atoms with Crippen LogP contribution in [0.5, 0.6) is 0 Å². The van der Waals surface area contributed by atoms with E-state index in [0.717, 1.165) is 13.0 Å². The number of amides is 1. The van der Waals surface area contributed by atoms with Crippen LogP contribution in [0.2, 0.25) is 0 Å². The minimum absolute atomic E-state index is 0.0485. The molecule has 1 aliphatic heterocycles. The lowest BCUT2D eigenvalue weighted by atomic mass is 10.0. The zero-order valence-electron chi connectivity index (χ0n) is 10.4. The molecule has 4 heteroatoms. The maximum atomic E-state index is 12.0. The highest BCUT2D eigenvalue weighted by Gasteiger charge is 2.34. The van der Waals surface area contributed by atoms with E-state index in [4.69, 9.17) is 0 Å². The predicted octanol–water partition coefficient (Wildman–Crippen LogP) is 0.350. The van der Waals surface area contributed by atoms with Gasteiger partial charge >= 0.3 is 0 Å². The molecule has 15 heavy (non-hydrogen) atoms. The van der Waals surface area contributed by atoms with Crippen molar-refractivity contribution in [1.82, 2.24) is 15.1 Å². The molecule has 1 heterocycles. The zero-order chi connectivity index (χ0) is 11.6. The summed E-state index contributed by atoms with van der Waals surface area (Å²) in [6.45, 7) is 5.17. The lowest BCUT2D eigenvalue weighted by Crippen LogP contribution is -2.50. The van der Waals surface area contributed by atoms with Crippen molar-refractivity contribution in [2.45, 2.75) is 32.5 Å². The second-order valence-electron chi connectivity index (χ2n) is 4.84. The first-order valence-corrected chi connectivity index (χ1v) is 5.60. The number of nitrogens with zero attached hydrogens (tertiary/aromatic N) is 2. The third kappa shape index (κ3) is 2.92. The van der Waals surface area contributed by atoms with Crippen LogP contribution in [0.1, 0.15) is 20.3 Å². The summed E-state index contributed by atoms with van der Waals surface area (Å²) in [7, 11) is 5.95. The standard InChI is InChI=1S/C11H23N3O/c1-8-6-7-14(5)10(8)11(15)12-9(2)13(3)4/h8-10H,6-7H2,1-5H3,(H,12,15)/t8-,9+,10?/m0/s1. The Labute approximate surface area is 92.6 Å². The molecular formula is C11H23N3O. The van der Waals surface area contributed by atoms with Crippen LogP contribution in [0, 0.1) is 5.92 Å². The van der Waals surface area contributed by atoms with Gasteiger partial charge in [-0.15, -0.1) is 0 Å². The highest BCUT2D eigenvalue weighted by Crippen LogP contribution is 2.22. The Hall–Kier alpha value is -0.610. The van der Waals surface area contributed by atoms with E-state index in [1.807, 2.05) is 33.0 Å². The molecule has 1 amide bonds. The van der Waals surface area contributed by atoms with Crippen molar-refractivity contribution in [3.05, 3.63) is 0 Å². The van der Waals surface area contributed by atoms with Crippen LogP contribution in [0.25, 0.3) is 0 Å². The normalized spacial score (nSPS) is 29.5. The molecule has 0 aromatic heterocycles. The van der Waals surface area contributed by atoms with Gasteiger partial charge in [0.2, 0.25) is 5.91 Å². The molecule has 1 unspecified atom stereocenters. The van der Waals surface area contributed by atoms with Crippen molar-refractivity contribution in [2.75, 3.05) is 27.7 Å². The van der Waals surface area contributed by atoms with Crippen molar-refractivity contribution in [1.29, 1.82) is 0 Å². The van der Waals surface area contributed by atoms with Crippen molar-refractivity contribution >= 4 is 5.91 Å². The van der Waals surface area contributed by atoms with Crippen LogP contribution < -0.4 is 5.32 Å². The molecule has 0 aliphatic carbocycles. The van der Waals surface area contributed by atoms with Crippen molar-refractivity contribution < 1.29 is 4.79 Å². The van der Waals surface area contributed by atoms with E-state index in [9.17, 15) is 4.79 Å². The van der Waals surface area contributed by atoms with Gasteiger partial charge < -0.3 is 5.32 Å². The summed E-state index contributed by atoms with van der Waals surface area (Å²) in [6, 6.07) is 0.0485. The molecule has 0 aromatic carbocycles. The molecule has 3 atom stereocenters. The average Bonchev–Trinajstić information content (AvgIpc) is 2.45. The van der Waals surface area contributed by atoms with Gasteiger partial charge in [-0.05, 0) is 47.0 Å². The fraction of sp³-hybridized carbons (Fsp3) is 0.909. The number of carbonyl (C=O) groups is 1. The number of rotatable bonds is 3. The molecular weight excluding hydrogens is 190 g/mol. The second-order valence-corrected chi connectivity index (χ2v) is 4.84. The molecule has 88 valence electrons. The Bertz CT molecular complexity index is 220. The van der Waals surface area contributed by atoms with E-state index in [-0.39, 0.29) is 18.1 Å². The van der Waals surface area contributed by atoms with Gasteiger partial charge in [0.05, 0.1) is 12.2 Å². The average molecular weight is 213 g/mol. The lowest BCUT2D eigenvalue weighted by molar-refractivity contribution is -0.127. The van der Waals surface area contributed by atoms with E-state index >= 15 is 0 Å². The van der Waals surface area contributed by atoms with Gasteiger partial charge in [0, 0.05) is 0 Å². The lowest BCUT2D eigenvalue weighted by Gasteiger charge is -2.27. The minimum atomic E-state index is 0.0485.